The van der Waals surface area contributed by atoms with Gasteiger partial charge in [-0.15, -0.1) is 0 Å². The van der Waals surface area contributed by atoms with Crippen molar-refractivity contribution in [1.82, 2.24) is 0 Å². The monoisotopic (exact) mass is 252 g/mol. The van der Waals surface area contributed by atoms with Crippen LogP contribution in [0.5, 0.6) is 5.75 Å². The van der Waals surface area contributed by atoms with Gasteiger partial charge in [-0.3, -0.25) is 0 Å². The molecule has 1 aliphatic heterocycles. The number of hydrogen-bond donors (Lipinski definition) is 0. The summed E-state index contributed by atoms with van der Waals surface area (Å²) in [5.74, 6) is 0.408. The van der Waals surface area contributed by atoms with Crippen LogP contribution in [-0.2, 0) is 4.74 Å². The first-order valence-electron chi connectivity index (χ1n) is 6.35. The van der Waals surface area contributed by atoms with E-state index in [0.29, 0.717) is 5.02 Å². The van der Waals surface area contributed by atoms with E-state index >= 15 is 0 Å². The molecule has 1 atom stereocenters. The molecule has 1 unspecified atom stereocenters. The highest BCUT2D eigenvalue weighted by molar-refractivity contribution is 6.32. The van der Waals surface area contributed by atoms with Gasteiger partial charge in [0.25, 0.3) is 0 Å². The zero-order chi connectivity index (χ0) is 11.9. The molecule has 17 heavy (non-hydrogen) atoms. The second kappa shape index (κ2) is 4.18. The molecule has 2 aliphatic rings. The van der Waals surface area contributed by atoms with Crippen molar-refractivity contribution in [3.8, 4) is 5.75 Å². The molecule has 0 N–H and O–H groups in total. The molecule has 92 valence electrons. The highest BCUT2D eigenvalue weighted by atomic mass is 35.5. The van der Waals surface area contributed by atoms with Crippen LogP contribution in [0.3, 0.4) is 0 Å². The first-order chi connectivity index (χ1) is 8.20. The summed E-state index contributed by atoms with van der Waals surface area (Å²) in [7, 11) is 0. The second-order valence-electron chi connectivity index (χ2n) is 4.99. The maximum Gasteiger partial charge on any atom is 0.211 e. The molecule has 1 aromatic rings. The fourth-order valence-electron chi connectivity index (χ4n) is 2.86. The Labute approximate surface area is 107 Å². The molecule has 1 fully saturated rings. The first-order valence-corrected chi connectivity index (χ1v) is 6.73. The molecule has 0 radical (unpaired) electrons. The molecule has 1 aliphatic carbocycles. The Hall–Kier alpha value is -0.730. The van der Waals surface area contributed by atoms with E-state index < -0.39 is 5.79 Å². The molecule has 0 aromatic heterocycles. The summed E-state index contributed by atoms with van der Waals surface area (Å²) in [5, 5.41) is 0.697. The minimum atomic E-state index is -0.421. The molecule has 3 heteroatoms. The molecule has 0 bridgehead atoms. The molecular formula is C14H17ClO2. The average molecular weight is 253 g/mol. The Balaban J connectivity index is 1.99. The number of rotatable bonds is 0. The number of para-hydroxylation sites is 1. The normalized spacial score (nSPS) is 26.4. The zero-order valence-electron chi connectivity index (χ0n) is 10.0. The molecular weight excluding hydrogens is 236 g/mol. The van der Waals surface area contributed by atoms with Gasteiger partial charge in [0, 0.05) is 18.4 Å². The smallest absolute Gasteiger partial charge is 0.211 e. The Morgan fingerprint density at radius 2 is 2.00 bits per heavy atom. The lowest BCUT2D eigenvalue weighted by molar-refractivity contribution is -0.240. The van der Waals surface area contributed by atoms with E-state index in [-0.39, 0.29) is 6.10 Å². The van der Waals surface area contributed by atoms with Gasteiger partial charge in [-0.25, -0.2) is 0 Å². The van der Waals surface area contributed by atoms with E-state index in [1.807, 2.05) is 18.2 Å². The number of fused-ring (bicyclic) bond motifs is 1. The summed E-state index contributed by atoms with van der Waals surface area (Å²) in [5.41, 5.74) is 1.06. The van der Waals surface area contributed by atoms with Gasteiger partial charge in [-0.1, -0.05) is 30.2 Å². The van der Waals surface area contributed by atoms with E-state index in [4.69, 9.17) is 21.1 Å². The predicted octanol–water partition coefficient (Wildman–Crippen LogP) is 4.47. The van der Waals surface area contributed by atoms with Crippen molar-refractivity contribution in [2.45, 2.75) is 50.9 Å². The van der Waals surface area contributed by atoms with Crippen LogP contribution in [0.4, 0.5) is 0 Å². The number of hydrogen-bond acceptors (Lipinski definition) is 2. The fraction of sp³-hybridized carbons (Fsp3) is 0.571. The highest BCUT2D eigenvalue weighted by Crippen LogP contribution is 2.47. The van der Waals surface area contributed by atoms with Crippen LogP contribution >= 0.6 is 11.6 Å². The van der Waals surface area contributed by atoms with Gasteiger partial charge in [-0.05, 0) is 25.8 Å². The zero-order valence-corrected chi connectivity index (χ0v) is 10.8. The van der Waals surface area contributed by atoms with Crippen molar-refractivity contribution >= 4 is 11.6 Å². The number of halogens is 1. The number of benzene rings is 1. The van der Waals surface area contributed by atoms with Crippen LogP contribution < -0.4 is 4.74 Å². The average Bonchev–Trinajstić information content (AvgIpc) is 2.32. The Bertz CT molecular complexity index is 424. The lowest BCUT2D eigenvalue weighted by atomic mass is 9.92. The van der Waals surface area contributed by atoms with Gasteiger partial charge in [0.15, 0.2) is 0 Å². The Morgan fingerprint density at radius 3 is 2.76 bits per heavy atom. The molecule has 1 aromatic carbocycles. The van der Waals surface area contributed by atoms with E-state index in [9.17, 15) is 0 Å². The third-order valence-corrected chi connectivity index (χ3v) is 4.03. The van der Waals surface area contributed by atoms with Crippen molar-refractivity contribution in [3.05, 3.63) is 28.8 Å². The van der Waals surface area contributed by atoms with Gasteiger partial charge in [0.05, 0.1) is 11.1 Å². The quantitative estimate of drug-likeness (QED) is 0.678. The summed E-state index contributed by atoms with van der Waals surface area (Å²) in [4.78, 5) is 0. The van der Waals surface area contributed by atoms with Crippen molar-refractivity contribution in [2.24, 2.45) is 0 Å². The third kappa shape index (κ3) is 1.94. The van der Waals surface area contributed by atoms with Crippen LogP contribution in [0, 0.1) is 0 Å². The van der Waals surface area contributed by atoms with Crippen molar-refractivity contribution in [1.29, 1.82) is 0 Å². The van der Waals surface area contributed by atoms with Gasteiger partial charge in [0.2, 0.25) is 5.79 Å². The van der Waals surface area contributed by atoms with Gasteiger partial charge in [0.1, 0.15) is 5.75 Å². The minimum Gasteiger partial charge on any atom is -0.460 e. The van der Waals surface area contributed by atoms with Crippen molar-refractivity contribution in [2.75, 3.05) is 0 Å². The molecule has 1 saturated carbocycles. The van der Waals surface area contributed by atoms with Crippen molar-refractivity contribution in [3.63, 3.8) is 0 Å². The topological polar surface area (TPSA) is 18.5 Å². The summed E-state index contributed by atoms with van der Waals surface area (Å²) < 4.78 is 12.2. The van der Waals surface area contributed by atoms with Crippen LogP contribution in [0.15, 0.2) is 18.2 Å². The van der Waals surface area contributed by atoms with Crippen LogP contribution in [0.25, 0.3) is 0 Å². The lowest BCUT2D eigenvalue weighted by Crippen LogP contribution is -2.44. The van der Waals surface area contributed by atoms with E-state index in [0.717, 1.165) is 24.2 Å². The molecule has 3 rings (SSSR count). The van der Waals surface area contributed by atoms with Gasteiger partial charge < -0.3 is 9.47 Å². The van der Waals surface area contributed by atoms with E-state index in [1.165, 1.54) is 19.3 Å². The van der Waals surface area contributed by atoms with Crippen molar-refractivity contribution < 1.29 is 9.47 Å². The van der Waals surface area contributed by atoms with Gasteiger partial charge in [-0.2, -0.15) is 0 Å². The second-order valence-corrected chi connectivity index (χ2v) is 5.40. The van der Waals surface area contributed by atoms with E-state index in [2.05, 4.69) is 6.92 Å². The first kappa shape index (κ1) is 11.4. The standard InChI is InChI=1S/C14H17ClO2/c1-10-11-6-5-7-12(15)13(11)17-14(16-10)8-3-2-4-9-14/h5-7,10H,2-4,8-9H2,1H3. The molecule has 1 heterocycles. The predicted molar refractivity (Wildman–Crippen MR) is 67.4 cm³/mol. The molecule has 2 nitrogen and oxygen atoms in total. The molecule has 0 amide bonds. The van der Waals surface area contributed by atoms with Crippen LogP contribution in [0.1, 0.15) is 50.7 Å². The summed E-state index contributed by atoms with van der Waals surface area (Å²) >= 11 is 6.23. The van der Waals surface area contributed by atoms with Gasteiger partial charge >= 0.3 is 0 Å². The third-order valence-electron chi connectivity index (χ3n) is 3.73. The Morgan fingerprint density at radius 1 is 1.24 bits per heavy atom. The minimum absolute atomic E-state index is 0.0653. The highest BCUT2D eigenvalue weighted by Gasteiger charge is 2.42. The fourth-order valence-corrected chi connectivity index (χ4v) is 3.08. The lowest BCUT2D eigenvalue weighted by Gasteiger charge is -2.43. The molecule has 1 spiro atoms. The maximum atomic E-state index is 6.23. The summed E-state index contributed by atoms with van der Waals surface area (Å²) in [6.45, 7) is 2.08. The number of ether oxygens (including phenoxy) is 2. The summed E-state index contributed by atoms with van der Waals surface area (Å²) in [6, 6.07) is 5.86. The molecule has 0 saturated heterocycles. The van der Waals surface area contributed by atoms with E-state index in [1.54, 1.807) is 0 Å². The largest absolute Gasteiger partial charge is 0.460 e. The Kier molecular flexibility index (Phi) is 2.80. The van der Waals surface area contributed by atoms with Crippen LogP contribution in [0.2, 0.25) is 5.02 Å². The summed E-state index contributed by atoms with van der Waals surface area (Å²) in [6.07, 6.45) is 5.64. The SMILES string of the molecule is CC1OC2(CCCCC2)Oc2c(Cl)cccc21. The maximum absolute atomic E-state index is 6.23. The van der Waals surface area contributed by atoms with Crippen LogP contribution in [-0.4, -0.2) is 5.79 Å².